The number of fused-ring (bicyclic) bond motifs is 1. The molecule has 2 atom stereocenters. The minimum atomic E-state index is -0.791. The van der Waals surface area contributed by atoms with E-state index in [-0.39, 0.29) is 34.4 Å². The maximum absolute atomic E-state index is 14.9. The lowest BCUT2D eigenvalue weighted by Gasteiger charge is -2.29. The molecule has 1 saturated heterocycles. The Morgan fingerprint density at radius 1 is 1.14 bits per heavy atom. The molecule has 3 aromatic heterocycles. The summed E-state index contributed by atoms with van der Waals surface area (Å²) in [5.74, 6) is -1.80. The quantitative estimate of drug-likeness (QED) is 0.379. The molecule has 4 aromatic rings. The van der Waals surface area contributed by atoms with E-state index in [1.165, 1.54) is 29.9 Å². The summed E-state index contributed by atoms with van der Waals surface area (Å²) in [6, 6.07) is 8.02. The first-order valence-corrected chi connectivity index (χ1v) is 11.8. The Hall–Kier alpha value is -4.05. The summed E-state index contributed by atoms with van der Waals surface area (Å²) in [6.07, 6.45) is 2.62. The van der Waals surface area contributed by atoms with Crippen molar-refractivity contribution < 1.29 is 23.0 Å². The third-order valence-electron chi connectivity index (χ3n) is 6.62. The van der Waals surface area contributed by atoms with Crippen LogP contribution in [0, 0.1) is 18.6 Å². The van der Waals surface area contributed by atoms with Gasteiger partial charge in [0.05, 0.1) is 30.2 Å². The number of methoxy groups -OCH3 is 1. The van der Waals surface area contributed by atoms with Crippen LogP contribution < -0.4 is 5.56 Å². The molecule has 4 heterocycles. The molecule has 0 unspecified atom stereocenters. The Morgan fingerprint density at radius 2 is 1.95 bits per heavy atom. The highest BCUT2D eigenvalue weighted by atomic mass is 19.1. The number of carbonyl (C=O) groups is 1. The van der Waals surface area contributed by atoms with Crippen LogP contribution in [0.3, 0.4) is 0 Å². The van der Waals surface area contributed by atoms with Gasteiger partial charge < -0.3 is 14.0 Å². The number of pyridine rings is 2. The zero-order valence-corrected chi connectivity index (χ0v) is 20.5. The standard InChI is InChI=1S/C27H24F2N4O4/c1-14-19(27(35)36-3)12-20-24(18-6-5-17(28)11-21(18)29)31-25(32-26(20)30-14)15-8-9-37-22(10-15)16-4-7-23(34)33(2)13-16/h4-7,11-13,15,22H,8-10H2,1-3H3/t15-,22+/m0/s1. The van der Waals surface area contributed by atoms with Crippen molar-refractivity contribution in [2.75, 3.05) is 13.7 Å². The monoisotopic (exact) mass is 506 g/mol. The Labute approximate surface area is 210 Å². The third kappa shape index (κ3) is 4.72. The molecule has 8 nitrogen and oxygen atoms in total. The van der Waals surface area contributed by atoms with E-state index in [9.17, 15) is 18.4 Å². The summed E-state index contributed by atoms with van der Waals surface area (Å²) in [5, 5.41) is 0.349. The summed E-state index contributed by atoms with van der Waals surface area (Å²) in [6.45, 7) is 2.10. The summed E-state index contributed by atoms with van der Waals surface area (Å²) in [4.78, 5) is 38.1. The van der Waals surface area contributed by atoms with E-state index in [1.807, 2.05) is 0 Å². The molecule has 37 heavy (non-hydrogen) atoms. The average molecular weight is 507 g/mol. The molecule has 0 saturated carbocycles. The number of aryl methyl sites for hydroxylation is 2. The molecule has 1 fully saturated rings. The molecular weight excluding hydrogens is 482 g/mol. The average Bonchev–Trinajstić information content (AvgIpc) is 2.89. The maximum Gasteiger partial charge on any atom is 0.339 e. The molecule has 0 spiro atoms. The number of nitrogens with zero attached hydrogens (tertiary/aromatic N) is 4. The van der Waals surface area contributed by atoms with Gasteiger partial charge in [0, 0.05) is 48.9 Å². The number of hydrogen-bond acceptors (Lipinski definition) is 7. The highest BCUT2D eigenvalue weighted by Gasteiger charge is 2.29. The fourth-order valence-corrected chi connectivity index (χ4v) is 4.62. The SMILES string of the molecule is COC(=O)c1cc2c(-c3ccc(F)cc3F)nc([C@H]3CCO[C@@H](c4ccc(=O)n(C)c4)C3)nc2nc1C. The van der Waals surface area contributed by atoms with Gasteiger partial charge >= 0.3 is 5.97 Å². The first kappa shape index (κ1) is 24.6. The number of carbonyl (C=O) groups excluding carboxylic acids is 1. The van der Waals surface area contributed by atoms with Crippen molar-refractivity contribution >= 4 is 17.0 Å². The zero-order valence-electron chi connectivity index (χ0n) is 20.5. The van der Waals surface area contributed by atoms with Crippen molar-refractivity contribution in [2.24, 2.45) is 7.05 Å². The smallest absolute Gasteiger partial charge is 0.339 e. The summed E-state index contributed by atoms with van der Waals surface area (Å²) >= 11 is 0. The lowest BCUT2D eigenvalue weighted by atomic mass is 9.91. The van der Waals surface area contributed by atoms with E-state index in [4.69, 9.17) is 19.4 Å². The van der Waals surface area contributed by atoms with E-state index >= 15 is 0 Å². The molecule has 0 radical (unpaired) electrons. The van der Waals surface area contributed by atoms with Crippen LogP contribution in [0.1, 0.15) is 52.3 Å². The van der Waals surface area contributed by atoms with Gasteiger partial charge in [-0.05, 0) is 49.6 Å². The van der Waals surface area contributed by atoms with Crippen molar-refractivity contribution in [3.63, 3.8) is 0 Å². The normalized spacial score (nSPS) is 17.6. The minimum absolute atomic E-state index is 0.0678. The fraction of sp³-hybridized carbons (Fsp3) is 0.296. The van der Waals surface area contributed by atoms with Gasteiger partial charge in [-0.25, -0.2) is 28.5 Å². The van der Waals surface area contributed by atoms with Crippen LogP contribution in [-0.4, -0.2) is 39.2 Å². The zero-order chi connectivity index (χ0) is 26.3. The molecule has 0 amide bonds. The van der Waals surface area contributed by atoms with Gasteiger partial charge in [0.1, 0.15) is 17.5 Å². The van der Waals surface area contributed by atoms with Gasteiger partial charge in [-0.3, -0.25) is 4.79 Å². The van der Waals surface area contributed by atoms with Crippen LogP contribution >= 0.6 is 0 Å². The highest BCUT2D eigenvalue weighted by molar-refractivity contribution is 5.98. The summed E-state index contributed by atoms with van der Waals surface area (Å²) in [5.41, 5.74) is 1.92. The number of rotatable bonds is 4. The summed E-state index contributed by atoms with van der Waals surface area (Å²) < 4.78 is 41.0. The second kappa shape index (κ2) is 9.78. The molecule has 5 rings (SSSR count). The van der Waals surface area contributed by atoms with E-state index in [1.54, 1.807) is 26.2 Å². The molecule has 0 bridgehead atoms. The number of aromatic nitrogens is 4. The lowest BCUT2D eigenvalue weighted by molar-refractivity contribution is 0.00364. The van der Waals surface area contributed by atoms with Crippen LogP contribution in [0.2, 0.25) is 0 Å². The van der Waals surface area contributed by atoms with Gasteiger partial charge in [0.25, 0.3) is 0 Å². The Morgan fingerprint density at radius 3 is 2.68 bits per heavy atom. The van der Waals surface area contributed by atoms with Crippen LogP contribution in [0.5, 0.6) is 0 Å². The van der Waals surface area contributed by atoms with Gasteiger partial charge in [-0.1, -0.05) is 0 Å². The predicted octanol–water partition coefficient (Wildman–Crippen LogP) is 4.40. The minimum Gasteiger partial charge on any atom is -0.465 e. The van der Waals surface area contributed by atoms with Gasteiger partial charge in [0.15, 0.2) is 5.65 Å². The largest absolute Gasteiger partial charge is 0.465 e. The Balaban J connectivity index is 1.64. The van der Waals surface area contributed by atoms with Crippen molar-refractivity contribution in [1.82, 2.24) is 19.5 Å². The topological polar surface area (TPSA) is 96.2 Å². The van der Waals surface area contributed by atoms with E-state index < -0.39 is 17.6 Å². The van der Waals surface area contributed by atoms with Gasteiger partial charge in [-0.2, -0.15) is 0 Å². The van der Waals surface area contributed by atoms with E-state index in [0.717, 1.165) is 17.7 Å². The molecule has 1 aliphatic rings. The van der Waals surface area contributed by atoms with Crippen molar-refractivity contribution in [1.29, 1.82) is 0 Å². The molecule has 0 aliphatic carbocycles. The lowest BCUT2D eigenvalue weighted by Crippen LogP contribution is -2.23. The summed E-state index contributed by atoms with van der Waals surface area (Å²) in [7, 11) is 2.94. The first-order valence-electron chi connectivity index (χ1n) is 11.8. The molecule has 0 N–H and O–H groups in total. The Kier molecular flexibility index (Phi) is 6.51. The van der Waals surface area contributed by atoms with Gasteiger partial charge in [0.2, 0.25) is 5.56 Å². The van der Waals surface area contributed by atoms with Crippen LogP contribution in [0.15, 0.2) is 47.4 Å². The predicted molar refractivity (Wildman–Crippen MR) is 131 cm³/mol. The van der Waals surface area contributed by atoms with Crippen LogP contribution in [-0.2, 0) is 16.5 Å². The number of benzene rings is 1. The number of halogens is 2. The third-order valence-corrected chi connectivity index (χ3v) is 6.62. The van der Waals surface area contributed by atoms with Crippen molar-refractivity contribution in [3.8, 4) is 11.3 Å². The highest BCUT2D eigenvalue weighted by Crippen LogP contribution is 2.38. The fourth-order valence-electron chi connectivity index (χ4n) is 4.62. The molecule has 10 heteroatoms. The second-order valence-corrected chi connectivity index (χ2v) is 9.03. The van der Waals surface area contributed by atoms with Gasteiger partial charge in [-0.15, -0.1) is 0 Å². The number of esters is 1. The first-order chi connectivity index (χ1) is 17.7. The molecule has 190 valence electrons. The van der Waals surface area contributed by atoms with Crippen molar-refractivity contribution in [3.05, 3.63) is 87.2 Å². The maximum atomic E-state index is 14.9. The van der Waals surface area contributed by atoms with Crippen molar-refractivity contribution in [2.45, 2.75) is 31.8 Å². The Bertz CT molecular complexity index is 1590. The van der Waals surface area contributed by atoms with E-state index in [0.29, 0.717) is 42.0 Å². The molecule has 1 aromatic carbocycles. The van der Waals surface area contributed by atoms with Crippen LogP contribution in [0.25, 0.3) is 22.3 Å². The second-order valence-electron chi connectivity index (χ2n) is 9.03. The van der Waals surface area contributed by atoms with Crippen LogP contribution in [0.4, 0.5) is 8.78 Å². The number of ether oxygens (including phenoxy) is 2. The molecular formula is C27H24F2N4O4. The number of hydrogen-bond donors (Lipinski definition) is 0. The van der Waals surface area contributed by atoms with E-state index in [2.05, 4.69) is 4.98 Å². The molecule has 1 aliphatic heterocycles.